The third kappa shape index (κ3) is 8.45. The van der Waals surface area contributed by atoms with E-state index in [0.29, 0.717) is 32.7 Å². The van der Waals surface area contributed by atoms with E-state index in [-0.39, 0.29) is 31.5 Å². The first-order valence-electron chi connectivity index (χ1n) is 9.05. The first kappa shape index (κ1) is 23.5. The monoisotopic (exact) mass is 362 g/mol. The molecule has 25 heavy (non-hydrogen) atoms. The highest BCUT2D eigenvalue weighted by atomic mass is 16.7. The number of carbonyl (C=O) groups is 1. The van der Waals surface area contributed by atoms with Gasteiger partial charge in [-0.1, -0.05) is 27.7 Å². The van der Waals surface area contributed by atoms with Crippen molar-refractivity contribution in [3.05, 3.63) is 11.7 Å². The Kier molecular flexibility index (Phi) is 13.0. The van der Waals surface area contributed by atoms with Crippen molar-refractivity contribution in [2.24, 2.45) is 5.41 Å². The summed E-state index contributed by atoms with van der Waals surface area (Å²) in [6.45, 7) is 8.02. The number of hydrogen-bond acceptors (Lipinski definition) is 7. The van der Waals surface area contributed by atoms with Crippen molar-refractivity contribution in [3.8, 4) is 0 Å². The number of aliphatic hydroxyl groups is 2. The molecule has 0 spiro atoms. The van der Waals surface area contributed by atoms with E-state index < -0.39 is 11.4 Å². The number of rotatable bonds is 15. The molecule has 0 aliphatic heterocycles. The van der Waals surface area contributed by atoms with Crippen molar-refractivity contribution in [3.63, 3.8) is 0 Å². The van der Waals surface area contributed by atoms with Crippen LogP contribution in [-0.4, -0.2) is 55.8 Å². The van der Waals surface area contributed by atoms with Gasteiger partial charge in [0.15, 0.2) is 0 Å². The van der Waals surface area contributed by atoms with Crippen molar-refractivity contribution in [1.29, 1.82) is 0 Å². The molecule has 0 unspecified atom stereocenters. The van der Waals surface area contributed by atoms with E-state index >= 15 is 0 Å². The summed E-state index contributed by atoms with van der Waals surface area (Å²) in [5, 5.41) is 18.9. The molecule has 0 saturated carbocycles. The average Bonchev–Trinajstić information content (AvgIpc) is 2.65. The standard InChI is InChI=1S/C18H34O7/c1-5-9-22-15(17(23-10-6-2)24-11-7-3)16(21)25-14-18(8-4,12-19)13-20/h19-20H,5-14H2,1-4H3. The Morgan fingerprint density at radius 3 is 1.68 bits per heavy atom. The first-order valence-corrected chi connectivity index (χ1v) is 9.05. The molecule has 0 fully saturated rings. The number of carbonyl (C=O) groups excluding carboxylic acids is 1. The van der Waals surface area contributed by atoms with Gasteiger partial charge in [-0.2, -0.15) is 0 Å². The molecule has 7 heteroatoms. The van der Waals surface area contributed by atoms with E-state index in [2.05, 4.69) is 0 Å². The molecule has 0 rings (SSSR count). The van der Waals surface area contributed by atoms with Gasteiger partial charge in [-0.05, 0) is 25.7 Å². The van der Waals surface area contributed by atoms with Gasteiger partial charge in [0.2, 0.25) is 0 Å². The second kappa shape index (κ2) is 13.8. The molecule has 0 aliphatic carbocycles. The summed E-state index contributed by atoms with van der Waals surface area (Å²) in [6.07, 6.45) is 2.68. The zero-order chi connectivity index (χ0) is 19.1. The van der Waals surface area contributed by atoms with E-state index in [1.54, 1.807) is 0 Å². The fourth-order valence-electron chi connectivity index (χ4n) is 1.72. The Morgan fingerprint density at radius 2 is 1.28 bits per heavy atom. The lowest BCUT2D eigenvalue weighted by atomic mass is 9.88. The van der Waals surface area contributed by atoms with E-state index in [9.17, 15) is 15.0 Å². The average molecular weight is 362 g/mol. The van der Waals surface area contributed by atoms with Gasteiger partial charge in [0, 0.05) is 0 Å². The highest BCUT2D eigenvalue weighted by molar-refractivity contribution is 5.86. The van der Waals surface area contributed by atoms with Gasteiger partial charge in [0.05, 0.1) is 38.4 Å². The van der Waals surface area contributed by atoms with E-state index in [1.807, 2.05) is 27.7 Å². The molecule has 0 aliphatic rings. The van der Waals surface area contributed by atoms with Gasteiger partial charge in [-0.3, -0.25) is 0 Å². The van der Waals surface area contributed by atoms with Crippen LogP contribution in [-0.2, 0) is 23.7 Å². The van der Waals surface area contributed by atoms with E-state index in [4.69, 9.17) is 18.9 Å². The molecule has 148 valence electrons. The van der Waals surface area contributed by atoms with Crippen LogP contribution in [0.15, 0.2) is 11.7 Å². The molecular weight excluding hydrogens is 328 g/mol. The Hall–Kier alpha value is -1.47. The minimum Gasteiger partial charge on any atom is -0.482 e. The molecule has 0 atom stereocenters. The van der Waals surface area contributed by atoms with Crippen molar-refractivity contribution in [2.75, 3.05) is 39.6 Å². The van der Waals surface area contributed by atoms with Gasteiger partial charge in [-0.15, -0.1) is 0 Å². The maximum atomic E-state index is 12.5. The van der Waals surface area contributed by atoms with Crippen LogP contribution in [0.2, 0.25) is 0 Å². The lowest BCUT2D eigenvalue weighted by Gasteiger charge is -2.27. The van der Waals surface area contributed by atoms with Crippen LogP contribution < -0.4 is 0 Å². The molecule has 0 heterocycles. The molecule has 0 radical (unpaired) electrons. The lowest BCUT2D eigenvalue weighted by Crippen LogP contribution is -2.36. The predicted molar refractivity (Wildman–Crippen MR) is 93.6 cm³/mol. The number of hydrogen-bond donors (Lipinski definition) is 2. The van der Waals surface area contributed by atoms with Crippen molar-refractivity contribution < 1.29 is 34.0 Å². The zero-order valence-electron chi connectivity index (χ0n) is 16.0. The highest BCUT2D eigenvalue weighted by Gasteiger charge is 2.31. The fraction of sp³-hybridized carbons (Fsp3) is 0.833. The SMILES string of the molecule is CCCOC(OCCC)=C(OCCC)C(=O)OCC(CC)(CO)CO. The summed E-state index contributed by atoms with van der Waals surface area (Å²) in [5.41, 5.74) is -0.875. The topological polar surface area (TPSA) is 94.5 Å². The quantitative estimate of drug-likeness (QED) is 0.262. The van der Waals surface area contributed by atoms with Gasteiger partial charge in [0.25, 0.3) is 5.76 Å². The number of esters is 1. The smallest absolute Gasteiger partial charge is 0.381 e. The Bertz CT molecular complexity index is 371. The predicted octanol–water partition coefficient (Wildman–Crippen LogP) is 2.36. The maximum Gasteiger partial charge on any atom is 0.381 e. The summed E-state index contributed by atoms with van der Waals surface area (Å²) in [6, 6.07) is 0. The van der Waals surface area contributed by atoms with Crippen molar-refractivity contribution in [2.45, 2.75) is 53.4 Å². The van der Waals surface area contributed by atoms with Crippen LogP contribution in [0.1, 0.15) is 53.4 Å². The Balaban J connectivity index is 5.28. The molecule has 7 nitrogen and oxygen atoms in total. The third-order valence-electron chi connectivity index (χ3n) is 3.63. The van der Waals surface area contributed by atoms with Crippen LogP contribution in [0.5, 0.6) is 0 Å². The summed E-state index contributed by atoms with van der Waals surface area (Å²) in [4.78, 5) is 12.5. The second-order valence-corrected chi connectivity index (χ2v) is 5.91. The molecule has 0 aromatic rings. The van der Waals surface area contributed by atoms with E-state index in [0.717, 1.165) is 12.8 Å². The largest absolute Gasteiger partial charge is 0.482 e. The number of ether oxygens (including phenoxy) is 4. The maximum absolute atomic E-state index is 12.5. The van der Waals surface area contributed by atoms with Crippen LogP contribution >= 0.6 is 0 Å². The normalized spacial score (nSPS) is 11.0. The van der Waals surface area contributed by atoms with E-state index in [1.165, 1.54) is 0 Å². The first-order chi connectivity index (χ1) is 12.0. The minimum absolute atomic E-state index is 0.0252. The van der Waals surface area contributed by atoms with Crippen LogP contribution in [0.3, 0.4) is 0 Å². The van der Waals surface area contributed by atoms with Gasteiger partial charge < -0.3 is 29.2 Å². The molecule has 2 N–H and O–H groups in total. The van der Waals surface area contributed by atoms with Crippen molar-refractivity contribution >= 4 is 5.97 Å². The zero-order valence-corrected chi connectivity index (χ0v) is 16.0. The van der Waals surface area contributed by atoms with Crippen LogP contribution in [0, 0.1) is 5.41 Å². The van der Waals surface area contributed by atoms with Crippen LogP contribution in [0.25, 0.3) is 0 Å². The Morgan fingerprint density at radius 1 is 0.800 bits per heavy atom. The molecule has 0 saturated heterocycles. The lowest BCUT2D eigenvalue weighted by molar-refractivity contribution is -0.151. The molecule has 0 aromatic carbocycles. The molecule has 0 bridgehead atoms. The Labute approximate surface area is 150 Å². The minimum atomic E-state index is -0.875. The summed E-state index contributed by atoms with van der Waals surface area (Å²) < 4.78 is 21.8. The molecule has 0 aromatic heterocycles. The van der Waals surface area contributed by atoms with Gasteiger partial charge in [0.1, 0.15) is 6.61 Å². The van der Waals surface area contributed by atoms with Crippen LogP contribution in [0.4, 0.5) is 0 Å². The van der Waals surface area contributed by atoms with Gasteiger partial charge in [-0.25, -0.2) is 4.79 Å². The highest BCUT2D eigenvalue weighted by Crippen LogP contribution is 2.22. The summed E-state index contributed by atoms with van der Waals surface area (Å²) in [7, 11) is 0. The molecule has 0 amide bonds. The fourth-order valence-corrected chi connectivity index (χ4v) is 1.72. The number of aliphatic hydroxyl groups excluding tert-OH is 2. The third-order valence-corrected chi connectivity index (χ3v) is 3.63. The summed E-state index contributed by atoms with van der Waals surface area (Å²) in [5.74, 6) is -0.808. The summed E-state index contributed by atoms with van der Waals surface area (Å²) >= 11 is 0. The van der Waals surface area contributed by atoms with Gasteiger partial charge >= 0.3 is 11.9 Å². The molecular formula is C18H34O7. The van der Waals surface area contributed by atoms with Crippen molar-refractivity contribution in [1.82, 2.24) is 0 Å². The second-order valence-electron chi connectivity index (χ2n) is 5.91.